The molecule has 0 unspecified atom stereocenters. The summed E-state index contributed by atoms with van der Waals surface area (Å²) in [7, 11) is 3.48. The van der Waals surface area contributed by atoms with Crippen molar-refractivity contribution in [3.05, 3.63) is 69.6 Å². The number of hydrogen-bond donors (Lipinski definition) is 1. The van der Waals surface area contributed by atoms with E-state index in [2.05, 4.69) is 22.6 Å². The molecule has 3 atom stereocenters. The third kappa shape index (κ3) is 3.62. The lowest BCUT2D eigenvalue weighted by Gasteiger charge is -2.51. The van der Waals surface area contributed by atoms with Gasteiger partial charge in [0.25, 0.3) is 5.91 Å². The van der Waals surface area contributed by atoms with E-state index in [0.717, 1.165) is 47.6 Å². The van der Waals surface area contributed by atoms with Gasteiger partial charge in [-0.1, -0.05) is 12.5 Å². The number of fused-ring (bicyclic) bond motifs is 2. The number of nitrogens with zero attached hydrogens (tertiary/aromatic N) is 3. The number of amides is 1. The first-order chi connectivity index (χ1) is 16.1. The van der Waals surface area contributed by atoms with Crippen LogP contribution in [-0.4, -0.2) is 39.6 Å². The predicted octanol–water partition coefficient (Wildman–Crippen LogP) is 5.56. The summed E-state index contributed by atoms with van der Waals surface area (Å²) in [5.74, 6) is -0.313. The van der Waals surface area contributed by atoms with Gasteiger partial charge in [0.2, 0.25) is 0 Å². The maximum absolute atomic E-state index is 13.4. The fourth-order valence-electron chi connectivity index (χ4n) is 5.81. The van der Waals surface area contributed by atoms with Crippen molar-refractivity contribution in [1.82, 2.24) is 14.5 Å². The van der Waals surface area contributed by atoms with E-state index in [0.29, 0.717) is 4.88 Å². The number of aliphatic hydroxyl groups is 1. The lowest BCUT2D eigenvalue weighted by Crippen LogP contribution is -2.48. The standard InChI is InChI=1S/C27H30FN3O2S/c1-26-15-31-16-29-24(17-8-10-19(28)11-9-17)20(31)14-18(26)6-5-7-22(26)27(2,33)23-13-12-21(34-23)25(32)30(3)4/h8-14,16,22,33H,5-7,15H2,1-4H3/t22-,26-,27-/m0/s1. The maximum Gasteiger partial charge on any atom is 0.263 e. The average molecular weight is 480 g/mol. The van der Waals surface area contributed by atoms with Gasteiger partial charge in [0.15, 0.2) is 0 Å². The lowest BCUT2D eigenvalue weighted by molar-refractivity contribution is -0.0687. The Labute approximate surface area is 203 Å². The molecule has 2 aliphatic rings. The molecule has 7 heteroatoms. The van der Waals surface area contributed by atoms with Gasteiger partial charge in [-0.15, -0.1) is 11.3 Å². The minimum Gasteiger partial charge on any atom is -0.384 e. The van der Waals surface area contributed by atoms with Gasteiger partial charge in [0.1, 0.15) is 5.82 Å². The first-order valence-electron chi connectivity index (χ1n) is 11.7. The van der Waals surface area contributed by atoms with Crippen molar-refractivity contribution in [2.24, 2.45) is 11.3 Å². The van der Waals surface area contributed by atoms with Crippen molar-refractivity contribution in [3.63, 3.8) is 0 Å². The number of allylic oxidation sites excluding steroid dienone is 1. The summed E-state index contributed by atoms with van der Waals surface area (Å²) in [5.41, 5.74) is 2.79. The molecule has 1 N–H and O–H groups in total. The van der Waals surface area contributed by atoms with Crippen LogP contribution in [0.15, 0.2) is 48.3 Å². The zero-order valence-corrected chi connectivity index (χ0v) is 20.8. The van der Waals surface area contributed by atoms with Crippen LogP contribution < -0.4 is 0 Å². The zero-order valence-electron chi connectivity index (χ0n) is 20.0. The van der Waals surface area contributed by atoms with Crippen LogP contribution in [0, 0.1) is 17.2 Å². The monoisotopic (exact) mass is 479 g/mol. The molecule has 5 rings (SSSR count). The molecule has 0 saturated heterocycles. The number of carbonyl (C=O) groups excluding carboxylic acids is 1. The van der Waals surface area contributed by atoms with E-state index < -0.39 is 5.60 Å². The second kappa shape index (κ2) is 8.17. The van der Waals surface area contributed by atoms with Crippen LogP contribution in [-0.2, 0) is 12.1 Å². The van der Waals surface area contributed by atoms with E-state index in [1.54, 1.807) is 31.1 Å². The Morgan fingerprint density at radius 3 is 2.71 bits per heavy atom. The normalized spacial score (nSPS) is 23.5. The van der Waals surface area contributed by atoms with E-state index >= 15 is 0 Å². The van der Waals surface area contributed by atoms with Crippen LogP contribution in [0.2, 0.25) is 0 Å². The topological polar surface area (TPSA) is 58.4 Å². The SMILES string of the molecule is CN(C)C(=O)c1ccc([C@@](C)(O)[C@H]2CCCC3=Cc4c(-c5ccc(F)cc5)ncn4C[C@@]32C)s1. The summed E-state index contributed by atoms with van der Waals surface area (Å²) < 4.78 is 15.6. The molecule has 0 radical (unpaired) electrons. The van der Waals surface area contributed by atoms with Gasteiger partial charge in [-0.3, -0.25) is 4.79 Å². The maximum atomic E-state index is 13.4. The van der Waals surface area contributed by atoms with Crippen LogP contribution >= 0.6 is 11.3 Å². The third-order valence-electron chi connectivity index (χ3n) is 7.65. The van der Waals surface area contributed by atoms with Gasteiger partial charge in [0, 0.05) is 42.4 Å². The molecule has 1 aromatic carbocycles. The average Bonchev–Trinajstić information content (AvgIpc) is 3.44. The van der Waals surface area contributed by atoms with Gasteiger partial charge in [0.05, 0.1) is 28.2 Å². The van der Waals surface area contributed by atoms with Crippen molar-refractivity contribution < 1.29 is 14.3 Å². The van der Waals surface area contributed by atoms with Crippen LogP contribution in [0.25, 0.3) is 17.3 Å². The number of aromatic nitrogens is 2. The zero-order chi connectivity index (χ0) is 24.3. The molecule has 0 spiro atoms. The lowest BCUT2D eigenvalue weighted by atomic mass is 9.58. The van der Waals surface area contributed by atoms with E-state index in [-0.39, 0.29) is 23.1 Å². The Kier molecular flexibility index (Phi) is 5.52. The van der Waals surface area contributed by atoms with Crippen molar-refractivity contribution >= 4 is 23.3 Å². The number of hydrogen-bond acceptors (Lipinski definition) is 4. The van der Waals surface area contributed by atoms with Crippen LogP contribution in [0.5, 0.6) is 0 Å². The van der Waals surface area contributed by atoms with Crippen LogP contribution in [0.3, 0.4) is 0 Å². The smallest absolute Gasteiger partial charge is 0.263 e. The van der Waals surface area contributed by atoms with Gasteiger partial charge in [-0.2, -0.15) is 0 Å². The highest BCUT2D eigenvalue weighted by Crippen LogP contribution is 2.56. The number of halogens is 1. The fraction of sp³-hybridized carbons (Fsp3) is 0.407. The molecular formula is C27H30FN3O2S. The molecular weight excluding hydrogens is 449 g/mol. The van der Waals surface area contributed by atoms with Gasteiger partial charge >= 0.3 is 0 Å². The van der Waals surface area contributed by atoms with Crippen LogP contribution in [0.1, 0.15) is 53.4 Å². The number of thiophene rings is 1. The number of rotatable bonds is 4. The fourth-order valence-corrected chi connectivity index (χ4v) is 6.94. The van der Waals surface area contributed by atoms with Crippen molar-refractivity contribution in [3.8, 4) is 11.3 Å². The molecule has 1 saturated carbocycles. The molecule has 3 aromatic rings. The van der Waals surface area contributed by atoms with Gasteiger partial charge in [-0.25, -0.2) is 9.37 Å². The Hall–Kier alpha value is -2.77. The molecule has 0 bridgehead atoms. The summed E-state index contributed by atoms with van der Waals surface area (Å²) in [4.78, 5) is 20.1. The summed E-state index contributed by atoms with van der Waals surface area (Å²) in [5, 5.41) is 11.9. The number of carbonyl (C=O) groups is 1. The molecule has 5 nitrogen and oxygen atoms in total. The first kappa shape index (κ1) is 23.0. The molecule has 2 aromatic heterocycles. The number of benzene rings is 1. The third-order valence-corrected chi connectivity index (χ3v) is 8.95. The number of imidazole rings is 1. The van der Waals surface area contributed by atoms with Crippen LogP contribution in [0.4, 0.5) is 4.39 Å². The van der Waals surface area contributed by atoms with Crippen molar-refractivity contribution in [2.45, 2.75) is 45.3 Å². The molecule has 1 aliphatic carbocycles. The highest BCUT2D eigenvalue weighted by Gasteiger charge is 2.51. The van der Waals surface area contributed by atoms with E-state index in [9.17, 15) is 14.3 Å². The summed E-state index contributed by atoms with van der Waals surface area (Å²) in [6, 6.07) is 10.2. The van der Waals surface area contributed by atoms with Crippen molar-refractivity contribution in [1.29, 1.82) is 0 Å². The summed E-state index contributed by atoms with van der Waals surface area (Å²) in [6.07, 6.45) is 6.96. The molecule has 1 fully saturated rings. The molecule has 3 heterocycles. The minimum absolute atomic E-state index is 0.00854. The molecule has 1 aliphatic heterocycles. The Balaban J connectivity index is 1.50. The molecule has 1 amide bonds. The van der Waals surface area contributed by atoms with Gasteiger partial charge < -0.3 is 14.6 Å². The van der Waals surface area contributed by atoms with E-state index in [1.165, 1.54) is 29.0 Å². The molecule has 178 valence electrons. The molecule has 34 heavy (non-hydrogen) atoms. The first-order valence-corrected chi connectivity index (χ1v) is 12.5. The Bertz CT molecular complexity index is 1270. The largest absolute Gasteiger partial charge is 0.384 e. The summed E-state index contributed by atoms with van der Waals surface area (Å²) in [6.45, 7) is 4.87. The van der Waals surface area contributed by atoms with Crippen molar-refractivity contribution in [2.75, 3.05) is 14.1 Å². The van der Waals surface area contributed by atoms with Gasteiger partial charge in [-0.05, 0) is 68.7 Å². The van der Waals surface area contributed by atoms with E-state index in [4.69, 9.17) is 0 Å². The predicted molar refractivity (Wildman–Crippen MR) is 133 cm³/mol. The summed E-state index contributed by atoms with van der Waals surface area (Å²) >= 11 is 1.39. The Morgan fingerprint density at radius 2 is 2.00 bits per heavy atom. The quantitative estimate of drug-likeness (QED) is 0.533. The van der Waals surface area contributed by atoms with E-state index in [1.807, 2.05) is 25.4 Å². The second-order valence-electron chi connectivity index (χ2n) is 10.2. The minimum atomic E-state index is -1.07. The highest BCUT2D eigenvalue weighted by atomic mass is 32.1. The Morgan fingerprint density at radius 1 is 1.26 bits per heavy atom. The second-order valence-corrected chi connectivity index (χ2v) is 11.2. The highest BCUT2D eigenvalue weighted by molar-refractivity contribution is 7.14.